The van der Waals surface area contributed by atoms with E-state index >= 15 is 0 Å². The normalized spacial score (nSPS) is 10.8. The van der Waals surface area contributed by atoms with Gasteiger partial charge in [-0.1, -0.05) is 0 Å². The maximum atomic E-state index is 10.9. The van der Waals surface area contributed by atoms with Gasteiger partial charge in [0.2, 0.25) is 0 Å². The molecule has 2 rings (SSSR count). The number of hydrogen-bond acceptors (Lipinski definition) is 6. The summed E-state index contributed by atoms with van der Waals surface area (Å²) in [6.07, 6.45) is 2.85. The summed E-state index contributed by atoms with van der Waals surface area (Å²) >= 11 is 6.43. The van der Waals surface area contributed by atoms with Crippen LogP contribution < -0.4 is 11.1 Å². The van der Waals surface area contributed by atoms with E-state index in [4.69, 9.17) is 0 Å². The third-order valence-electron chi connectivity index (χ3n) is 2.00. The SMILES string of the molecule is O=c1nc(N/N=C/c2cc(Br)c(O)c(Br)c2)cn[nH]1. The maximum absolute atomic E-state index is 10.9. The number of anilines is 1. The van der Waals surface area contributed by atoms with Crippen LogP contribution in [0.25, 0.3) is 0 Å². The Morgan fingerprint density at radius 2 is 2.05 bits per heavy atom. The van der Waals surface area contributed by atoms with E-state index in [1.54, 1.807) is 12.1 Å². The summed E-state index contributed by atoms with van der Waals surface area (Å²) in [5.41, 5.74) is 2.75. The van der Waals surface area contributed by atoms with E-state index in [9.17, 15) is 9.90 Å². The Hall–Kier alpha value is -1.74. The zero-order chi connectivity index (χ0) is 13.8. The van der Waals surface area contributed by atoms with Crippen molar-refractivity contribution < 1.29 is 5.11 Å². The van der Waals surface area contributed by atoms with Crippen molar-refractivity contribution in [2.75, 3.05) is 5.43 Å². The Morgan fingerprint density at radius 1 is 1.37 bits per heavy atom. The van der Waals surface area contributed by atoms with E-state index in [-0.39, 0.29) is 11.6 Å². The lowest BCUT2D eigenvalue weighted by molar-refractivity contribution is 0.468. The Balaban J connectivity index is 2.13. The molecular weight excluding hydrogens is 382 g/mol. The molecule has 0 saturated heterocycles. The van der Waals surface area contributed by atoms with Crippen LogP contribution in [0.2, 0.25) is 0 Å². The van der Waals surface area contributed by atoms with Crippen molar-refractivity contribution in [2.45, 2.75) is 0 Å². The topological polar surface area (TPSA) is 103 Å². The first-order valence-electron chi connectivity index (χ1n) is 4.95. The van der Waals surface area contributed by atoms with E-state index in [2.05, 4.69) is 57.6 Å². The van der Waals surface area contributed by atoms with Gasteiger partial charge in [-0.15, -0.1) is 0 Å². The van der Waals surface area contributed by atoms with E-state index in [1.807, 2.05) is 0 Å². The number of phenolic OH excluding ortho intramolecular Hbond substituents is 1. The minimum absolute atomic E-state index is 0.116. The summed E-state index contributed by atoms with van der Waals surface area (Å²) in [5, 5.41) is 19.2. The number of hydrazone groups is 1. The number of nitrogens with zero attached hydrogens (tertiary/aromatic N) is 3. The number of H-pyrrole nitrogens is 1. The molecule has 98 valence electrons. The van der Waals surface area contributed by atoms with Crippen molar-refractivity contribution in [1.82, 2.24) is 15.2 Å². The highest BCUT2D eigenvalue weighted by Crippen LogP contribution is 2.32. The highest BCUT2D eigenvalue weighted by atomic mass is 79.9. The van der Waals surface area contributed by atoms with Crippen molar-refractivity contribution in [3.8, 4) is 5.75 Å². The molecule has 0 atom stereocenters. The number of benzene rings is 1. The van der Waals surface area contributed by atoms with Gasteiger partial charge in [-0.25, -0.2) is 9.89 Å². The zero-order valence-corrected chi connectivity index (χ0v) is 12.4. The second-order valence-electron chi connectivity index (χ2n) is 3.38. The minimum Gasteiger partial charge on any atom is -0.506 e. The molecule has 7 nitrogen and oxygen atoms in total. The minimum atomic E-state index is -0.560. The van der Waals surface area contributed by atoms with Gasteiger partial charge in [0.05, 0.1) is 21.4 Å². The molecule has 9 heteroatoms. The van der Waals surface area contributed by atoms with Gasteiger partial charge < -0.3 is 5.11 Å². The van der Waals surface area contributed by atoms with Crippen LogP contribution in [0.3, 0.4) is 0 Å². The lowest BCUT2D eigenvalue weighted by atomic mass is 10.2. The number of rotatable bonds is 3. The lowest BCUT2D eigenvalue weighted by Crippen LogP contribution is -2.13. The first-order chi connectivity index (χ1) is 9.06. The first kappa shape index (κ1) is 13.7. The van der Waals surface area contributed by atoms with Crippen LogP contribution in [0.5, 0.6) is 5.75 Å². The number of phenols is 1. The summed E-state index contributed by atoms with van der Waals surface area (Å²) in [7, 11) is 0. The summed E-state index contributed by atoms with van der Waals surface area (Å²) in [6.45, 7) is 0. The van der Waals surface area contributed by atoms with Gasteiger partial charge in [0.15, 0.2) is 5.82 Å². The monoisotopic (exact) mass is 387 g/mol. The highest BCUT2D eigenvalue weighted by Gasteiger charge is 2.04. The van der Waals surface area contributed by atoms with Crippen LogP contribution in [0.15, 0.2) is 37.2 Å². The molecule has 0 amide bonds. The highest BCUT2D eigenvalue weighted by molar-refractivity contribution is 9.11. The van der Waals surface area contributed by atoms with E-state index < -0.39 is 5.69 Å². The third kappa shape index (κ3) is 3.61. The molecule has 0 fully saturated rings. The fourth-order valence-electron chi connectivity index (χ4n) is 1.20. The number of aromatic amines is 1. The molecule has 2 aromatic rings. The molecule has 0 saturated carbocycles. The molecule has 3 N–H and O–H groups in total. The first-order valence-corrected chi connectivity index (χ1v) is 6.53. The second kappa shape index (κ2) is 5.93. The van der Waals surface area contributed by atoms with E-state index in [0.29, 0.717) is 8.95 Å². The molecule has 1 aromatic heterocycles. The van der Waals surface area contributed by atoms with Crippen molar-refractivity contribution in [2.24, 2.45) is 5.10 Å². The van der Waals surface area contributed by atoms with Gasteiger partial charge in [0.1, 0.15) is 5.75 Å². The molecule has 0 aliphatic heterocycles. The van der Waals surface area contributed by atoms with Crippen LogP contribution in [0.1, 0.15) is 5.56 Å². The Morgan fingerprint density at radius 3 is 2.68 bits per heavy atom. The molecule has 0 spiro atoms. The van der Waals surface area contributed by atoms with Crippen molar-refractivity contribution in [3.63, 3.8) is 0 Å². The molecular formula is C10H7Br2N5O2. The maximum Gasteiger partial charge on any atom is 0.363 e. The van der Waals surface area contributed by atoms with Crippen molar-refractivity contribution >= 4 is 43.9 Å². The van der Waals surface area contributed by atoms with Crippen LogP contribution in [0, 0.1) is 0 Å². The smallest absolute Gasteiger partial charge is 0.363 e. The van der Waals surface area contributed by atoms with Gasteiger partial charge >= 0.3 is 5.69 Å². The average Bonchev–Trinajstić information content (AvgIpc) is 2.36. The van der Waals surface area contributed by atoms with Gasteiger partial charge in [-0.05, 0) is 49.6 Å². The number of hydrogen-bond donors (Lipinski definition) is 3. The van der Waals surface area contributed by atoms with Gasteiger partial charge in [0.25, 0.3) is 0 Å². The van der Waals surface area contributed by atoms with Crippen LogP contribution in [0.4, 0.5) is 5.82 Å². The molecule has 1 aromatic carbocycles. The van der Waals surface area contributed by atoms with Crippen LogP contribution in [-0.2, 0) is 0 Å². The lowest BCUT2D eigenvalue weighted by Gasteiger charge is -2.02. The zero-order valence-electron chi connectivity index (χ0n) is 9.26. The molecule has 0 bridgehead atoms. The number of halogens is 2. The summed E-state index contributed by atoms with van der Waals surface area (Å²) in [5.74, 6) is 0.350. The summed E-state index contributed by atoms with van der Waals surface area (Å²) in [4.78, 5) is 14.5. The van der Waals surface area contributed by atoms with Gasteiger partial charge in [0, 0.05) is 0 Å². The fraction of sp³-hybridized carbons (Fsp3) is 0. The van der Waals surface area contributed by atoms with E-state index in [1.165, 1.54) is 12.4 Å². The average molecular weight is 389 g/mol. The summed E-state index contributed by atoms with van der Waals surface area (Å²) < 4.78 is 1.08. The molecule has 0 aliphatic rings. The van der Waals surface area contributed by atoms with Gasteiger partial charge in [-0.2, -0.15) is 15.2 Å². The third-order valence-corrected chi connectivity index (χ3v) is 3.21. The number of aromatic nitrogens is 3. The molecule has 0 radical (unpaired) electrons. The number of aromatic hydroxyl groups is 1. The predicted molar refractivity (Wildman–Crippen MR) is 77.4 cm³/mol. The second-order valence-corrected chi connectivity index (χ2v) is 5.08. The standard InChI is InChI=1S/C10H7Br2N5O2/c11-6-1-5(2-7(12)9(6)18)3-13-16-8-4-14-17-10(19)15-8/h1-4,18H,(H2,15,16,17,19)/b13-3+. The Labute approximate surface area is 124 Å². The summed E-state index contributed by atoms with van der Waals surface area (Å²) in [6, 6.07) is 3.38. The number of nitrogens with one attached hydrogen (secondary N) is 2. The Bertz CT molecular complexity index is 663. The van der Waals surface area contributed by atoms with Crippen molar-refractivity contribution in [1.29, 1.82) is 0 Å². The van der Waals surface area contributed by atoms with Crippen LogP contribution >= 0.6 is 31.9 Å². The predicted octanol–water partition coefficient (Wildman–Crippen LogP) is 1.84. The largest absolute Gasteiger partial charge is 0.506 e. The molecule has 0 unspecified atom stereocenters. The molecule has 19 heavy (non-hydrogen) atoms. The fourth-order valence-corrected chi connectivity index (χ4v) is 2.42. The molecule has 1 heterocycles. The molecule has 0 aliphatic carbocycles. The quantitative estimate of drug-likeness (QED) is 0.549. The van der Waals surface area contributed by atoms with E-state index in [0.717, 1.165) is 5.56 Å². The Kier molecular flexibility index (Phi) is 4.27. The van der Waals surface area contributed by atoms with Crippen LogP contribution in [-0.4, -0.2) is 26.5 Å². The van der Waals surface area contributed by atoms with Gasteiger partial charge in [-0.3, -0.25) is 5.43 Å². The van der Waals surface area contributed by atoms with Crippen molar-refractivity contribution in [3.05, 3.63) is 43.3 Å².